The number of likely N-dealkylation sites (tertiary alicyclic amines) is 1. The molecule has 0 amide bonds. The maximum atomic E-state index is 11.2. The Morgan fingerprint density at radius 1 is 0.848 bits per heavy atom. The summed E-state index contributed by atoms with van der Waals surface area (Å²) in [6.45, 7) is 4.13. The maximum absolute atomic E-state index is 11.2. The second-order valence-electron chi connectivity index (χ2n) is 9.23. The molecule has 33 heavy (non-hydrogen) atoms. The number of ether oxygens (including phenoxy) is 1. The Morgan fingerprint density at radius 3 is 2.24 bits per heavy atom. The van der Waals surface area contributed by atoms with Crippen LogP contribution in [0.3, 0.4) is 0 Å². The minimum Gasteiger partial charge on any atom is -0.385 e. The van der Waals surface area contributed by atoms with Gasteiger partial charge in [-0.25, -0.2) is 0 Å². The van der Waals surface area contributed by atoms with Gasteiger partial charge in [-0.15, -0.1) is 12.4 Å². The first-order valence-electron chi connectivity index (χ1n) is 11.5. The molecule has 3 aromatic carbocycles. The zero-order valence-corrected chi connectivity index (χ0v) is 20.3. The fourth-order valence-electron chi connectivity index (χ4n) is 5.42. The fraction of sp³-hybridized carbons (Fsp3) is 0.357. The van der Waals surface area contributed by atoms with Crippen molar-refractivity contribution in [3.8, 4) is 0 Å². The molecule has 3 nitrogen and oxygen atoms in total. The van der Waals surface area contributed by atoms with Gasteiger partial charge in [0.15, 0.2) is 0 Å². The van der Waals surface area contributed by atoms with Gasteiger partial charge in [0.1, 0.15) is 0 Å². The molecule has 2 aliphatic rings. The van der Waals surface area contributed by atoms with E-state index in [9.17, 15) is 5.11 Å². The van der Waals surface area contributed by atoms with Crippen LogP contribution in [0.1, 0.15) is 41.5 Å². The molecule has 0 radical (unpaired) electrons. The van der Waals surface area contributed by atoms with Crippen LogP contribution >= 0.6 is 24.0 Å². The summed E-state index contributed by atoms with van der Waals surface area (Å²) < 4.78 is 6.14. The van der Waals surface area contributed by atoms with E-state index in [1.807, 2.05) is 24.3 Å². The third-order valence-corrected chi connectivity index (χ3v) is 7.64. The van der Waals surface area contributed by atoms with Crippen LogP contribution in [0.25, 0.3) is 0 Å². The second-order valence-corrected chi connectivity index (χ2v) is 9.66. The van der Waals surface area contributed by atoms with Crippen molar-refractivity contribution in [3.05, 3.63) is 106 Å². The van der Waals surface area contributed by atoms with Gasteiger partial charge in [0.2, 0.25) is 0 Å². The highest BCUT2D eigenvalue weighted by Crippen LogP contribution is 2.42. The van der Waals surface area contributed by atoms with E-state index < -0.39 is 5.60 Å². The van der Waals surface area contributed by atoms with Gasteiger partial charge in [0, 0.05) is 23.5 Å². The normalized spacial score (nSPS) is 22.2. The predicted octanol–water partition coefficient (Wildman–Crippen LogP) is 5.95. The standard InChI is InChI=1S/C28H30ClNO2.ClH/c29-25-12-10-24(11-13-25)28(31)15-18-30(19-16-28)17-14-27(23-7-2-1-3-8-23)21-32-20-22-6-4-5-9-26(22)27;/h1-13,31H,14-21H2;1H. The molecule has 0 aromatic heterocycles. The van der Waals surface area contributed by atoms with E-state index in [1.165, 1.54) is 16.7 Å². The Hall–Kier alpha value is -1.88. The van der Waals surface area contributed by atoms with Crippen molar-refractivity contribution in [2.45, 2.75) is 36.9 Å². The Kier molecular flexibility index (Phi) is 7.47. The molecule has 2 aliphatic heterocycles. The third kappa shape index (κ3) is 4.84. The SMILES string of the molecule is Cl.OC1(c2ccc(Cl)cc2)CCN(CCC2(c3ccccc3)COCc3ccccc32)CC1. The van der Waals surface area contributed by atoms with Crippen molar-refractivity contribution in [1.82, 2.24) is 4.90 Å². The number of aliphatic hydroxyl groups is 1. The topological polar surface area (TPSA) is 32.7 Å². The summed E-state index contributed by atoms with van der Waals surface area (Å²) in [6.07, 6.45) is 2.47. The van der Waals surface area contributed by atoms with E-state index in [4.69, 9.17) is 16.3 Å². The molecule has 1 unspecified atom stereocenters. The van der Waals surface area contributed by atoms with E-state index in [0.29, 0.717) is 18.2 Å². The zero-order chi connectivity index (χ0) is 22.0. The molecule has 5 heteroatoms. The number of benzene rings is 3. The highest BCUT2D eigenvalue weighted by Gasteiger charge is 2.40. The van der Waals surface area contributed by atoms with Gasteiger partial charge in [0.25, 0.3) is 0 Å². The molecule has 174 valence electrons. The van der Waals surface area contributed by atoms with Gasteiger partial charge in [-0.3, -0.25) is 0 Å². The van der Waals surface area contributed by atoms with Crippen LogP contribution in [-0.4, -0.2) is 36.2 Å². The van der Waals surface area contributed by atoms with Gasteiger partial charge in [0.05, 0.1) is 18.8 Å². The summed E-state index contributed by atoms with van der Waals surface area (Å²) >= 11 is 6.03. The van der Waals surface area contributed by atoms with Gasteiger partial charge in [-0.05, 0) is 60.2 Å². The molecule has 0 spiro atoms. The first-order chi connectivity index (χ1) is 15.6. The van der Waals surface area contributed by atoms with Crippen molar-refractivity contribution in [1.29, 1.82) is 0 Å². The molecule has 0 saturated carbocycles. The minimum atomic E-state index is -0.765. The van der Waals surface area contributed by atoms with E-state index in [1.54, 1.807) is 0 Å². The number of nitrogens with zero attached hydrogens (tertiary/aromatic N) is 1. The Bertz CT molecular complexity index is 1050. The van der Waals surface area contributed by atoms with Crippen molar-refractivity contribution >= 4 is 24.0 Å². The van der Waals surface area contributed by atoms with E-state index in [2.05, 4.69) is 59.5 Å². The van der Waals surface area contributed by atoms with Gasteiger partial charge >= 0.3 is 0 Å². The highest BCUT2D eigenvalue weighted by molar-refractivity contribution is 6.30. The maximum Gasteiger partial charge on any atom is 0.0920 e. The van der Waals surface area contributed by atoms with Crippen molar-refractivity contribution in [3.63, 3.8) is 0 Å². The molecule has 1 atom stereocenters. The largest absolute Gasteiger partial charge is 0.385 e. The molecule has 1 N–H and O–H groups in total. The van der Waals surface area contributed by atoms with Crippen LogP contribution in [0.15, 0.2) is 78.9 Å². The predicted molar refractivity (Wildman–Crippen MR) is 136 cm³/mol. The average Bonchev–Trinajstić information content (AvgIpc) is 2.84. The lowest BCUT2D eigenvalue weighted by atomic mass is 9.70. The summed E-state index contributed by atoms with van der Waals surface area (Å²) in [6, 6.07) is 27.2. The fourth-order valence-corrected chi connectivity index (χ4v) is 5.54. The lowest BCUT2D eigenvalue weighted by molar-refractivity contribution is -0.0283. The highest BCUT2D eigenvalue weighted by atomic mass is 35.5. The molecule has 0 aliphatic carbocycles. The van der Waals surface area contributed by atoms with Crippen molar-refractivity contribution in [2.24, 2.45) is 0 Å². The van der Waals surface area contributed by atoms with Crippen LogP contribution in [0.5, 0.6) is 0 Å². The average molecular weight is 484 g/mol. The Labute approximate surface area is 207 Å². The minimum absolute atomic E-state index is 0. The van der Waals surface area contributed by atoms with Crippen LogP contribution in [0.4, 0.5) is 0 Å². The van der Waals surface area contributed by atoms with Crippen molar-refractivity contribution < 1.29 is 9.84 Å². The molecule has 5 rings (SSSR count). The third-order valence-electron chi connectivity index (χ3n) is 7.38. The number of halogens is 2. The summed E-state index contributed by atoms with van der Waals surface area (Å²) in [5.74, 6) is 0. The lowest BCUT2D eigenvalue weighted by Crippen LogP contribution is -2.46. The van der Waals surface area contributed by atoms with Crippen LogP contribution in [0.2, 0.25) is 5.02 Å². The number of hydrogen-bond donors (Lipinski definition) is 1. The van der Waals surface area contributed by atoms with Gasteiger partial charge in [-0.1, -0.05) is 78.3 Å². The molecular weight excluding hydrogens is 453 g/mol. The van der Waals surface area contributed by atoms with Crippen molar-refractivity contribution in [2.75, 3.05) is 26.2 Å². The van der Waals surface area contributed by atoms with Crippen LogP contribution in [-0.2, 0) is 22.4 Å². The van der Waals surface area contributed by atoms with Gasteiger partial charge < -0.3 is 14.7 Å². The summed E-state index contributed by atoms with van der Waals surface area (Å²) in [7, 11) is 0. The smallest absolute Gasteiger partial charge is 0.0920 e. The number of rotatable bonds is 5. The first-order valence-corrected chi connectivity index (χ1v) is 11.9. The number of hydrogen-bond acceptors (Lipinski definition) is 3. The summed E-state index contributed by atoms with van der Waals surface area (Å²) in [5, 5.41) is 11.9. The molecule has 1 saturated heterocycles. The zero-order valence-electron chi connectivity index (χ0n) is 18.8. The lowest BCUT2D eigenvalue weighted by Gasteiger charge is -2.43. The second kappa shape index (κ2) is 10.2. The quantitative estimate of drug-likeness (QED) is 0.486. The molecule has 3 aromatic rings. The van der Waals surface area contributed by atoms with E-state index >= 15 is 0 Å². The summed E-state index contributed by atoms with van der Waals surface area (Å²) in [4.78, 5) is 2.49. The first kappa shape index (κ1) is 24.3. The number of piperidine rings is 1. The summed E-state index contributed by atoms with van der Waals surface area (Å²) in [5.41, 5.74) is 4.07. The van der Waals surface area contributed by atoms with Crippen LogP contribution in [0, 0.1) is 0 Å². The molecule has 2 heterocycles. The molecule has 0 bridgehead atoms. The Morgan fingerprint density at radius 2 is 1.52 bits per heavy atom. The molecular formula is C28H31Cl2NO2. The number of fused-ring (bicyclic) bond motifs is 1. The van der Waals surface area contributed by atoms with Gasteiger partial charge in [-0.2, -0.15) is 0 Å². The van der Waals surface area contributed by atoms with Crippen LogP contribution < -0.4 is 0 Å². The molecule has 1 fully saturated rings. The monoisotopic (exact) mass is 483 g/mol. The van der Waals surface area contributed by atoms with E-state index in [0.717, 1.165) is 44.5 Å². The Balaban J connectivity index is 0.00000259. The van der Waals surface area contributed by atoms with E-state index in [-0.39, 0.29) is 17.8 Å².